The third-order valence-electron chi connectivity index (χ3n) is 3.43. The van der Waals surface area contributed by atoms with Gasteiger partial charge in [-0.05, 0) is 49.4 Å². The Morgan fingerprint density at radius 2 is 2.21 bits per heavy atom. The Labute approximate surface area is 114 Å². The second kappa shape index (κ2) is 6.40. The zero-order valence-corrected chi connectivity index (χ0v) is 11.2. The van der Waals surface area contributed by atoms with Crippen LogP contribution in [0, 0.1) is 24.7 Å². The van der Waals surface area contributed by atoms with Crippen molar-refractivity contribution in [2.75, 3.05) is 13.2 Å². The van der Waals surface area contributed by atoms with Crippen LogP contribution in [-0.4, -0.2) is 24.2 Å². The predicted molar refractivity (Wildman–Crippen MR) is 74.8 cm³/mol. The van der Waals surface area contributed by atoms with Gasteiger partial charge in [-0.25, -0.2) is 0 Å². The van der Waals surface area contributed by atoms with Crippen molar-refractivity contribution in [1.29, 1.82) is 0 Å². The lowest BCUT2D eigenvalue weighted by Crippen LogP contribution is -2.32. The number of rotatable bonds is 3. The van der Waals surface area contributed by atoms with Crippen molar-refractivity contribution >= 4 is 5.91 Å². The van der Waals surface area contributed by atoms with E-state index < -0.39 is 0 Å². The lowest BCUT2D eigenvalue weighted by atomic mass is 9.85. The van der Waals surface area contributed by atoms with Crippen LogP contribution in [0.25, 0.3) is 0 Å². The SMILES string of the molecule is Cc1cc(C#CCO)cc(C(=O)NCC2CCC2)c1. The third kappa shape index (κ3) is 3.84. The molecule has 100 valence electrons. The molecule has 0 bridgehead atoms. The summed E-state index contributed by atoms with van der Waals surface area (Å²) in [6, 6.07) is 5.54. The van der Waals surface area contributed by atoms with Crippen molar-refractivity contribution in [1.82, 2.24) is 5.32 Å². The molecule has 1 aromatic rings. The van der Waals surface area contributed by atoms with E-state index in [-0.39, 0.29) is 12.5 Å². The number of carbonyl (C=O) groups excluding carboxylic acids is 1. The normalized spacial score (nSPS) is 14.2. The van der Waals surface area contributed by atoms with Crippen molar-refractivity contribution < 1.29 is 9.90 Å². The van der Waals surface area contributed by atoms with Gasteiger partial charge in [-0.2, -0.15) is 0 Å². The molecule has 19 heavy (non-hydrogen) atoms. The van der Waals surface area contributed by atoms with Crippen molar-refractivity contribution in [2.24, 2.45) is 5.92 Å². The summed E-state index contributed by atoms with van der Waals surface area (Å²) < 4.78 is 0. The van der Waals surface area contributed by atoms with Gasteiger partial charge >= 0.3 is 0 Å². The molecule has 2 N–H and O–H groups in total. The summed E-state index contributed by atoms with van der Waals surface area (Å²) in [6.45, 7) is 2.54. The molecule has 0 atom stereocenters. The Hall–Kier alpha value is -1.79. The van der Waals surface area contributed by atoms with Gasteiger partial charge in [0.25, 0.3) is 5.91 Å². The van der Waals surface area contributed by atoms with Crippen molar-refractivity contribution in [3.8, 4) is 11.8 Å². The molecule has 0 heterocycles. The van der Waals surface area contributed by atoms with E-state index in [4.69, 9.17) is 5.11 Å². The van der Waals surface area contributed by atoms with E-state index in [0.29, 0.717) is 11.5 Å². The fraction of sp³-hybridized carbons (Fsp3) is 0.438. The number of hydrogen-bond acceptors (Lipinski definition) is 2. The summed E-state index contributed by atoms with van der Waals surface area (Å²) in [6.07, 6.45) is 3.73. The maximum atomic E-state index is 12.1. The quantitative estimate of drug-likeness (QED) is 0.812. The number of hydrogen-bond donors (Lipinski definition) is 2. The first-order valence-electron chi connectivity index (χ1n) is 6.68. The Bertz CT molecular complexity index is 521. The highest BCUT2D eigenvalue weighted by Crippen LogP contribution is 2.25. The highest BCUT2D eigenvalue weighted by molar-refractivity contribution is 5.94. The van der Waals surface area contributed by atoms with Crippen LogP contribution in [0.1, 0.15) is 40.7 Å². The lowest BCUT2D eigenvalue weighted by Gasteiger charge is -2.25. The van der Waals surface area contributed by atoms with E-state index in [2.05, 4.69) is 17.2 Å². The molecule has 3 heteroatoms. The summed E-state index contributed by atoms with van der Waals surface area (Å²) in [4.78, 5) is 12.1. The monoisotopic (exact) mass is 257 g/mol. The van der Waals surface area contributed by atoms with Gasteiger partial charge in [0.2, 0.25) is 0 Å². The smallest absolute Gasteiger partial charge is 0.251 e. The average Bonchev–Trinajstić information content (AvgIpc) is 2.33. The third-order valence-corrected chi connectivity index (χ3v) is 3.43. The number of aliphatic hydroxyl groups is 1. The summed E-state index contributed by atoms with van der Waals surface area (Å²) in [5, 5.41) is 11.7. The van der Waals surface area contributed by atoms with Gasteiger partial charge in [-0.3, -0.25) is 4.79 Å². The Kier molecular flexibility index (Phi) is 4.59. The van der Waals surface area contributed by atoms with Gasteiger partial charge in [0.05, 0.1) is 0 Å². The second-order valence-corrected chi connectivity index (χ2v) is 5.05. The number of nitrogens with one attached hydrogen (secondary N) is 1. The number of amides is 1. The van der Waals surface area contributed by atoms with Gasteiger partial charge in [0, 0.05) is 17.7 Å². The lowest BCUT2D eigenvalue weighted by molar-refractivity contribution is 0.0939. The van der Waals surface area contributed by atoms with Gasteiger partial charge in [-0.1, -0.05) is 18.3 Å². The summed E-state index contributed by atoms with van der Waals surface area (Å²) in [5.41, 5.74) is 2.41. The topological polar surface area (TPSA) is 49.3 Å². The van der Waals surface area contributed by atoms with E-state index in [1.54, 1.807) is 6.07 Å². The second-order valence-electron chi connectivity index (χ2n) is 5.05. The Morgan fingerprint density at radius 3 is 2.84 bits per heavy atom. The highest BCUT2D eigenvalue weighted by atomic mass is 16.2. The molecule has 0 aliphatic heterocycles. The molecule has 2 rings (SSSR count). The fourth-order valence-electron chi connectivity index (χ4n) is 2.16. The molecule has 0 spiro atoms. The first-order valence-corrected chi connectivity index (χ1v) is 6.68. The van der Waals surface area contributed by atoms with E-state index in [1.807, 2.05) is 19.1 Å². The van der Waals surface area contributed by atoms with E-state index in [0.717, 1.165) is 17.7 Å². The van der Waals surface area contributed by atoms with Crippen LogP contribution in [0.2, 0.25) is 0 Å². The van der Waals surface area contributed by atoms with Crippen LogP contribution in [0.5, 0.6) is 0 Å². The summed E-state index contributed by atoms with van der Waals surface area (Å²) in [7, 11) is 0. The van der Waals surface area contributed by atoms with Crippen LogP contribution in [0.4, 0.5) is 0 Å². The molecule has 1 aliphatic carbocycles. The first-order chi connectivity index (χ1) is 9.19. The minimum atomic E-state index is -0.169. The fourth-order valence-corrected chi connectivity index (χ4v) is 2.16. The van der Waals surface area contributed by atoms with E-state index >= 15 is 0 Å². The summed E-state index contributed by atoms with van der Waals surface area (Å²) >= 11 is 0. The van der Waals surface area contributed by atoms with Crippen LogP contribution in [0.3, 0.4) is 0 Å². The van der Waals surface area contributed by atoms with Gasteiger partial charge in [0.15, 0.2) is 0 Å². The van der Waals surface area contributed by atoms with E-state index in [9.17, 15) is 4.79 Å². The maximum absolute atomic E-state index is 12.1. The van der Waals surface area contributed by atoms with Crippen LogP contribution < -0.4 is 5.32 Å². The molecular formula is C16H19NO2. The van der Waals surface area contributed by atoms with Crippen LogP contribution in [-0.2, 0) is 0 Å². The molecular weight excluding hydrogens is 238 g/mol. The zero-order valence-electron chi connectivity index (χ0n) is 11.2. The molecule has 1 saturated carbocycles. The molecule has 3 nitrogen and oxygen atoms in total. The number of aryl methyl sites for hydroxylation is 1. The Morgan fingerprint density at radius 1 is 1.42 bits per heavy atom. The van der Waals surface area contributed by atoms with Crippen LogP contribution >= 0.6 is 0 Å². The highest BCUT2D eigenvalue weighted by Gasteiger charge is 2.18. The molecule has 0 saturated heterocycles. The van der Waals surface area contributed by atoms with E-state index in [1.165, 1.54) is 19.3 Å². The molecule has 0 aromatic heterocycles. The largest absolute Gasteiger partial charge is 0.384 e. The van der Waals surface area contributed by atoms with Crippen LogP contribution in [0.15, 0.2) is 18.2 Å². The van der Waals surface area contributed by atoms with Gasteiger partial charge in [0.1, 0.15) is 6.61 Å². The van der Waals surface area contributed by atoms with Gasteiger partial charge < -0.3 is 10.4 Å². The molecule has 1 aromatic carbocycles. The molecule has 1 aliphatic rings. The predicted octanol–water partition coefficient (Wildman–Crippen LogP) is 1.87. The van der Waals surface area contributed by atoms with Crippen molar-refractivity contribution in [3.63, 3.8) is 0 Å². The van der Waals surface area contributed by atoms with Crippen molar-refractivity contribution in [2.45, 2.75) is 26.2 Å². The molecule has 1 fully saturated rings. The van der Waals surface area contributed by atoms with Gasteiger partial charge in [-0.15, -0.1) is 0 Å². The average molecular weight is 257 g/mol. The number of carbonyl (C=O) groups is 1. The maximum Gasteiger partial charge on any atom is 0.251 e. The summed E-state index contributed by atoms with van der Waals surface area (Å²) in [5.74, 6) is 6.05. The minimum Gasteiger partial charge on any atom is -0.384 e. The first kappa shape index (κ1) is 13.6. The number of aliphatic hydroxyl groups excluding tert-OH is 1. The molecule has 1 amide bonds. The molecule has 0 radical (unpaired) electrons. The zero-order chi connectivity index (χ0) is 13.7. The van der Waals surface area contributed by atoms with Crippen molar-refractivity contribution in [3.05, 3.63) is 34.9 Å². The minimum absolute atomic E-state index is 0.0392. The number of benzene rings is 1. The molecule has 0 unspecified atom stereocenters. The standard InChI is InChI=1S/C16H19NO2/c1-12-8-14(6-3-7-18)10-15(9-12)16(19)17-11-13-4-2-5-13/h8-10,13,18H,2,4-5,7,11H2,1H3,(H,17,19). The Balaban J connectivity index is 2.04.